The highest BCUT2D eigenvalue weighted by molar-refractivity contribution is 6.44. The molecule has 0 atom stereocenters. The van der Waals surface area contributed by atoms with Crippen molar-refractivity contribution in [2.45, 2.75) is 6.92 Å². The van der Waals surface area contributed by atoms with Crippen LogP contribution >= 0.6 is 0 Å². The highest BCUT2D eigenvalue weighted by Gasteiger charge is 2.04. The molecule has 1 aromatic rings. The SMILES string of the molecule is CCOc1ccc(N/N=C(\C#N)C(N)=O)cc1. The van der Waals surface area contributed by atoms with Gasteiger partial charge in [0.25, 0.3) is 5.91 Å². The second kappa shape index (κ2) is 6.12. The monoisotopic (exact) mass is 232 g/mol. The molecule has 0 aliphatic carbocycles. The van der Waals surface area contributed by atoms with E-state index >= 15 is 0 Å². The Morgan fingerprint density at radius 1 is 1.53 bits per heavy atom. The first-order valence-corrected chi connectivity index (χ1v) is 4.93. The van der Waals surface area contributed by atoms with E-state index in [9.17, 15) is 4.79 Å². The molecule has 0 aliphatic rings. The predicted molar refractivity (Wildman–Crippen MR) is 63.5 cm³/mol. The van der Waals surface area contributed by atoms with Crippen molar-refractivity contribution in [1.29, 1.82) is 5.26 Å². The molecule has 0 heterocycles. The summed E-state index contributed by atoms with van der Waals surface area (Å²) in [4.78, 5) is 10.7. The highest BCUT2D eigenvalue weighted by atomic mass is 16.5. The Morgan fingerprint density at radius 2 is 2.18 bits per heavy atom. The van der Waals surface area contributed by atoms with Gasteiger partial charge in [-0.1, -0.05) is 0 Å². The molecule has 0 bridgehead atoms. The third-order valence-electron chi connectivity index (χ3n) is 1.80. The summed E-state index contributed by atoms with van der Waals surface area (Å²) in [5.41, 5.74) is 7.73. The predicted octanol–water partition coefficient (Wildman–Crippen LogP) is 0.862. The summed E-state index contributed by atoms with van der Waals surface area (Å²) in [6.45, 7) is 2.48. The first kappa shape index (κ1) is 12.5. The van der Waals surface area contributed by atoms with E-state index in [1.54, 1.807) is 30.3 Å². The molecule has 17 heavy (non-hydrogen) atoms. The maximum Gasteiger partial charge on any atom is 0.280 e. The summed E-state index contributed by atoms with van der Waals surface area (Å²) in [5, 5.41) is 12.1. The number of carbonyl (C=O) groups is 1. The minimum absolute atomic E-state index is 0.376. The topological polar surface area (TPSA) is 100 Å². The number of hydrogen-bond acceptors (Lipinski definition) is 5. The number of nitrogens with zero attached hydrogens (tertiary/aromatic N) is 2. The van der Waals surface area contributed by atoms with E-state index in [1.807, 2.05) is 6.92 Å². The van der Waals surface area contributed by atoms with Gasteiger partial charge in [0.05, 0.1) is 12.3 Å². The molecule has 0 fully saturated rings. The van der Waals surface area contributed by atoms with Crippen molar-refractivity contribution in [3.05, 3.63) is 24.3 Å². The van der Waals surface area contributed by atoms with Gasteiger partial charge in [-0.2, -0.15) is 10.4 Å². The van der Waals surface area contributed by atoms with Crippen LogP contribution in [0.3, 0.4) is 0 Å². The minimum atomic E-state index is -0.870. The summed E-state index contributed by atoms with van der Waals surface area (Å²) in [7, 11) is 0. The lowest BCUT2D eigenvalue weighted by atomic mass is 10.3. The first-order chi connectivity index (χ1) is 8.17. The molecule has 88 valence electrons. The molecule has 0 unspecified atom stereocenters. The second-order valence-electron chi connectivity index (χ2n) is 3.01. The van der Waals surface area contributed by atoms with Gasteiger partial charge in [-0.05, 0) is 31.2 Å². The summed E-state index contributed by atoms with van der Waals surface area (Å²) >= 11 is 0. The summed E-state index contributed by atoms with van der Waals surface area (Å²) in [6.07, 6.45) is 0. The lowest BCUT2D eigenvalue weighted by Gasteiger charge is -2.04. The number of benzene rings is 1. The lowest BCUT2D eigenvalue weighted by molar-refractivity contribution is -0.111. The average molecular weight is 232 g/mol. The van der Waals surface area contributed by atoms with Crippen molar-refractivity contribution in [3.63, 3.8) is 0 Å². The van der Waals surface area contributed by atoms with Crippen LogP contribution in [0.1, 0.15) is 6.92 Å². The Bertz CT molecular complexity index is 459. The number of primary amides is 1. The molecule has 0 saturated carbocycles. The normalized spacial score (nSPS) is 10.5. The largest absolute Gasteiger partial charge is 0.494 e. The molecule has 0 aromatic heterocycles. The van der Waals surface area contributed by atoms with Crippen LogP contribution in [0.25, 0.3) is 0 Å². The number of anilines is 1. The van der Waals surface area contributed by atoms with Crippen LogP contribution in [0.4, 0.5) is 5.69 Å². The van der Waals surface area contributed by atoms with Gasteiger partial charge in [0.1, 0.15) is 11.8 Å². The quantitative estimate of drug-likeness (QED) is 0.580. The molecule has 0 radical (unpaired) electrons. The maximum atomic E-state index is 10.7. The Labute approximate surface area is 98.7 Å². The van der Waals surface area contributed by atoms with Crippen LogP contribution in [0, 0.1) is 11.3 Å². The van der Waals surface area contributed by atoms with Crippen LogP contribution < -0.4 is 15.9 Å². The molecule has 1 amide bonds. The zero-order valence-corrected chi connectivity index (χ0v) is 9.30. The van der Waals surface area contributed by atoms with Gasteiger partial charge in [0.15, 0.2) is 0 Å². The van der Waals surface area contributed by atoms with E-state index in [2.05, 4.69) is 10.5 Å². The van der Waals surface area contributed by atoms with Crippen molar-refractivity contribution in [2.75, 3.05) is 12.0 Å². The standard InChI is InChI=1S/C11H12N4O2/c1-2-17-9-5-3-8(4-6-9)14-15-10(7-12)11(13)16/h3-6,14H,2H2,1H3,(H2,13,16)/b15-10+. The Kier molecular flexibility index (Phi) is 4.51. The van der Waals surface area contributed by atoms with Crippen LogP contribution in [0.2, 0.25) is 0 Å². The lowest BCUT2D eigenvalue weighted by Crippen LogP contribution is -2.22. The number of carbonyl (C=O) groups excluding carboxylic acids is 1. The number of nitrogens with one attached hydrogen (secondary N) is 1. The second-order valence-corrected chi connectivity index (χ2v) is 3.01. The van der Waals surface area contributed by atoms with Gasteiger partial charge in [-0.25, -0.2) is 0 Å². The first-order valence-electron chi connectivity index (χ1n) is 4.93. The summed E-state index contributed by atoms with van der Waals surface area (Å²) in [5.74, 6) is -0.136. The highest BCUT2D eigenvalue weighted by Crippen LogP contribution is 2.15. The van der Waals surface area contributed by atoms with E-state index in [0.717, 1.165) is 5.75 Å². The third-order valence-corrected chi connectivity index (χ3v) is 1.80. The minimum Gasteiger partial charge on any atom is -0.494 e. The number of rotatable bonds is 5. The van der Waals surface area contributed by atoms with E-state index in [1.165, 1.54) is 0 Å². The maximum absolute atomic E-state index is 10.7. The van der Waals surface area contributed by atoms with Gasteiger partial charge in [-0.3, -0.25) is 10.2 Å². The van der Waals surface area contributed by atoms with Crippen molar-refractivity contribution in [1.82, 2.24) is 0 Å². The fourth-order valence-corrected chi connectivity index (χ4v) is 1.05. The molecule has 6 heteroatoms. The fourth-order valence-electron chi connectivity index (χ4n) is 1.05. The summed E-state index contributed by atoms with van der Waals surface area (Å²) in [6, 6.07) is 8.51. The molecule has 6 nitrogen and oxygen atoms in total. The van der Waals surface area contributed by atoms with Crippen molar-refractivity contribution < 1.29 is 9.53 Å². The zero-order chi connectivity index (χ0) is 12.7. The van der Waals surface area contributed by atoms with Gasteiger partial charge >= 0.3 is 0 Å². The fraction of sp³-hybridized carbons (Fsp3) is 0.182. The van der Waals surface area contributed by atoms with E-state index < -0.39 is 5.91 Å². The Morgan fingerprint density at radius 3 is 2.65 bits per heavy atom. The number of ether oxygens (including phenoxy) is 1. The Hall–Kier alpha value is -2.55. The van der Waals surface area contributed by atoms with Crippen LogP contribution in [-0.2, 0) is 4.79 Å². The number of nitriles is 1. The molecule has 1 aromatic carbocycles. The van der Waals surface area contributed by atoms with Gasteiger partial charge in [0.2, 0.25) is 5.71 Å². The smallest absolute Gasteiger partial charge is 0.280 e. The molecular formula is C11H12N4O2. The zero-order valence-electron chi connectivity index (χ0n) is 9.30. The van der Waals surface area contributed by atoms with Crippen molar-refractivity contribution in [3.8, 4) is 11.8 Å². The molecule has 3 N–H and O–H groups in total. The van der Waals surface area contributed by atoms with Crippen LogP contribution in [-0.4, -0.2) is 18.2 Å². The number of nitrogens with two attached hydrogens (primary N) is 1. The number of amides is 1. The molecule has 0 saturated heterocycles. The Balaban J connectivity index is 2.70. The molecule has 0 spiro atoms. The van der Waals surface area contributed by atoms with E-state index in [0.29, 0.717) is 12.3 Å². The third kappa shape index (κ3) is 3.83. The van der Waals surface area contributed by atoms with E-state index in [4.69, 9.17) is 15.7 Å². The molecule has 1 rings (SSSR count). The van der Waals surface area contributed by atoms with Crippen LogP contribution in [0.15, 0.2) is 29.4 Å². The molecule has 0 aliphatic heterocycles. The van der Waals surface area contributed by atoms with Gasteiger partial charge in [-0.15, -0.1) is 0 Å². The van der Waals surface area contributed by atoms with Crippen molar-refractivity contribution >= 4 is 17.3 Å². The van der Waals surface area contributed by atoms with E-state index in [-0.39, 0.29) is 5.71 Å². The van der Waals surface area contributed by atoms with Gasteiger partial charge in [0, 0.05) is 0 Å². The molecular weight excluding hydrogens is 220 g/mol. The number of hydrazone groups is 1. The number of hydrogen-bond donors (Lipinski definition) is 2. The van der Waals surface area contributed by atoms with Gasteiger partial charge < -0.3 is 10.5 Å². The van der Waals surface area contributed by atoms with Crippen LogP contribution in [0.5, 0.6) is 5.75 Å². The van der Waals surface area contributed by atoms with Crippen molar-refractivity contribution in [2.24, 2.45) is 10.8 Å². The summed E-state index contributed by atoms with van der Waals surface area (Å²) < 4.78 is 5.26. The average Bonchev–Trinajstić information content (AvgIpc) is 2.32.